The van der Waals surface area contributed by atoms with Crippen molar-refractivity contribution in [2.75, 3.05) is 13.7 Å². The van der Waals surface area contributed by atoms with Crippen LogP contribution < -0.4 is 5.48 Å². The van der Waals surface area contributed by atoms with Crippen molar-refractivity contribution < 1.29 is 24.3 Å². The van der Waals surface area contributed by atoms with Gasteiger partial charge in [-0.1, -0.05) is 0 Å². The first kappa shape index (κ1) is 10.9. The third kappa shape index (κ3) is 4.64. The average Bonchev–Trinajstić information content (AvgIpc) is 2.02. The molecule has 1 amide bonds. The van der Waals surface area contributed by atoms with E-state index in [2.05, 4.69) is 9.57 Å². The van der Waals surface area contributed by atoms with Crippen molar-refractivity contribution in [1.82, 2.24) is 5.48 Å². The number of carboxylic acid groups (broad SMARTS) is 1. The zero-order valence-corrected chi connectivity index (χ0v) is 6.86. The molecule has 6 nitrogen and oxygen atoms in total. The topological polar surface area (TPSA) is 84.9 Å². The molecule has 12 heavy (non-hydrogen) atoms. The zero-order valence-electron chi connectivity index (χ0n) is 6.86. The second-order valence-electron chi connectivity index (χ2n) is 2.03. The summed E-state index contributed by atoms with van der Waals surface area (Å²) in [6.07, 6.45) is -0.654. The summed E-state index contributed by atoms with van der Waals surface area (Å²) in [4.78, 5) is 25.0. The number of carbonyl (C=O) groups excluding carboxylic acids is 1. The highest BCUT2D eigenvalue weighted by atomic mass is 16.7. The molecule has 2 N–H and O–H groups in total. The molecule has 0 aliphatic rings. The Bertz CT molecular complexity index is 169. The Morgan fingerprint density at radius 3 is 2.58 bits per heavy atom. The summed E-state index contributed by atoms with van der Waals surface area (Å²) >= 11 is 0. The summed E-state index contributed by atoms with van der Waals surface area (Å²) in [6, 6.07) is 0. The lowest BCUT2D eigenvalue weighted by atomic mass is 10.4. The molecule has 0 aromatic rings. The molecule has 70 valence electrons. The summed E-state index contributed by atoms with van der Waals surface area (Å²) in [7, 11) is 1.36. The number of hydrogen-bond acceptors (Lipinski definition) is 4. The van der Waals surface area contributed by atoms with Gasteiger partial charge in [0.2, 0.25) is 0 Å². The maximum Gasteiger partial charge on any atom is 0.332 e. The van der Waals surface area contributed by atoms with Gasteiger partial charge in [0.15, 0.2) is 6.61 Å². The largest absolute Gasteiger partial charge is 0.479 e. The van der Waals surface area contributed by atoms with Gasteiger partial charge in [-0.3, -0.25) is 9.63 Å². The molecule has 1 unspecified atom stereocenters. The molecule has 0 spiro atoms. The van der Waals surface area contributed by atoms with E-state index in [0.717, 1.165) is 0 Å². The molecular weight excluding hydrogens is 166 g/mol. The van der Waals surface area contributed by atoms with Gasteiger partial charge in [0, 0.05) is 7.11 Å². The van der Waals surface area contributed by atoms with E-state index in [1.807, 2.05) is 5.48 Å². The summed E-state index contributed by atoms with van der Waals surface area (Å²) < 4.78 is 4.63. The van der Waals surface area contributed by atoms with E-state index in [0.29, 0.717) is 0 Å². The second-order valence-corrected chi connectivity index (χ2v) is 2.03. The maximum atomic E-state index is 10.8. The molecule has 0 radical (unpaired) electrons. The molecular formula is C6H11NO5. The second kappa shape index (κ2) is 5.50. The monoisotopic (exact) mass is 177 g/mol. The summed E-state index contributed by atoms with van der Waals surface area (Å²) in [6.45, 7) is 0.946. The average molecular weight is 177 g/mol. The van der Waals surface area contributed by atoms with Gasteiger partial charge in [-0.25, -0.2) is 10.3 Å². The molecule has 0 aromatic heterocycles. The number of hydrogen-bond donors (Lipinski definition) is 2. The molecule has 0 saturated heterocycles. The fourth-order valence-corrected chi connectivity index (χ4v) is 0.359. The molecule has 6 heteroatoms. The summed E-state index contributed by atoms with van der Waals surface area (Å²) in [5.41, 5.74) is 1.92. The van der Waals surface area contributed by atoms with Crippen LogP contribution in [0.15, 0.2) is 0 Å². The minimum Gasteiger partial charge on any atom is -0.479 e. The van der Waals surface area contributed by atoms with E-state index >= 15 is 0 Å². The normalized spacial score (nSPS) is 12.2. The molecule has 0 aliphatic heterocycles. The SMILES string of the molecule is COC(C)C(=O)NOCC(=O)O. The van der Waals surface area contributed by atoms with Gasteiger partial charge < -0.3 is 9.84 Å². The number of methoxy groups -OCH3 is 1. The lowest BCUT2D eigenvalue weighted by molar-refractivity contribution is -0.152. The van der Waals surface area contributed by atoms with Crippen LogP contribution in [-0.2, 0) is 19.2 Å². The van der Waals surface area contributed by atoms with Gasteiger partial charge in [-0.2, -0.15) is 0 Å². The number of hydroxylamine groups is 1. The molecule has 0 saturated carbocycles. The van der Waals surface area contributed by atoms with Crippen molar-refractivity contribution in [2.24, 2.45) is 0 Å². The lowest BCUT2D eigenvalue weighted by Gasteiger charge is -2.08. The van der Waals surface area contributed by atoms with Crippen molar-refractivity contribution in [3.63, 3.8) is 0 Å². The minimum atomic E-state index is -1.15. The number of aliphatic carboxylic acids is 1. The van der Waals surface area contributed by atoms with E-state index in [1.165, 1.54) is 14.0 Å². The van der Waals surface area contributed by atoms with E-state index in [-0.39, 0.29) is 0 Å². The van der Waals surface area contributed by atoms with Crippen LogP contribution in [0.2, 0.25) is 0 Å². The minimum absolute atomic E-state index is 0.515. The van der Waals surface area contributed by atoms with Crippen LogP contribution in [0.5, 0.6) is 0 Å². The number of ether oxygens (including phenoxy) is 1. The highest BCUT2D eigenvalue weighted by molar-refractivity contribution is 5.79. The molecule has 0 fully saturated rings. The standard InChI is InChI=1S/C6H11NO5/c1-4(11-2)6(10)7-12-3-5(8)9/h4H,3H2,1-2H3,(H,7,10)(H,8,9). The fraction of sp³-hybridized carbons (Fsp3) is 0.667. The van der Waals surface area contributed by atoms with Crippen LogP contribution in [0.4, 0.5) is 0 Å². The lowest BCUT2D eigenvalue weighted by Crippen LogP contribution is -2.35. The zero-order chi connectivity index (χ0) is 9.56. The Morgan fingerprint density at radius 1 is 1.58 bits per heavy atom. The number of amides is 1. The third-order valence-electron chi connectivity index (χ3n) is 1.09. The Morgan fingerprint density at radius 2 is 2.17 bits per heavy atom. The van der Waals surface area contributed by atoms with E-state index in [1.54, 1.807) is 0 Å². The van der Waals surface area contributed by atoms with Crippen LogP contribution in [0.25, 0.3) is 0 Å². The smallest absolute Gasteiger partial charge is 0.332 e. The van der Waals surface area contributed by atoms with Gasteiger partial charge in [-0.15, -0.1) is 0 Å². The van der Waals surface area contributed by atoms with Crippen molar-refractivity contribution in [3.8, 4) is 0 Å². The van der Waals surface area contributed by atoms with Crippen molar-refractivity contribution >= 4 is 11.9 Å². The van der Waals surface area contributed by atoms with E-state index in [9.17, 15) is 9.59 Å². The molecule has 0 aromatic carbocycles. The molecule has 0 rings (SSSR count). The maximum absolute atomic E-state index is 10.8. The highest BCUT2D eigenvalue weighted by Crippen LogP contribution is 1.86. The van der Waals surface area contributed by atoms with Crippen LogP contribution in [0.1, 0.15) is 6.92 Å². The summed E-state index contributed by atoms with van der Waals surface area (Å²) in [5.74, 6) is -1.67. The summed E-state index contributed by atoms with van der Waals surface area (Å²) in [5, 5.41) is 8.11. The van der Waals surface area contributed by atoms with Gasteiger partial charge in [0.05, 0.1) is 0 Å². The van der Waals surface area contributed by atoms with Gasteiger partial charge >= 0.3 is 5.97 Å². The van der Waals surface area contributed by atoms with E-state index < -0.39 is 24.6 Å². The van der Waals surface area contributed by atoms with E-state index in [4.69, 9.17) is 5.11 Å². The van der Waals surface area contributed by atoms with Crippen molar-refractivity contribution in [1.29, 1.82) is 0 Å². The first-order chi connectivity index (χ1) is 5.57. The van der Waals surface area contributed by atoms with Crippen LogP contribution >= 0.6 is 0 Å². The predicted octanol–water partition coefficient (Wildman–Crippen LogP) is -0.846. The number of carboxylic acids is 1. The Kier molecular flexibility index (Phi) is 4.98. The first-order valence-electron chi connectivity index (χ1n) is 3.24. The molecule has 1 atom stereocenters. The van der Waals surface area contributed by atoms with Crippen molar-refractivity contribution in [2.45, 2.75) is 13.0 Å². The molecule has 0 heterocycles. The molecule has 0 bridgehead atoms. The number of rotatable bonds is 5. The number of nitrogens with one attached hydrogen (secondary N) is 1. The Hall–Kier alpha value is -1.14. The van der Waals surface area contributed by atoms with Gasteiger partial charge in [0.1, 0.15) is 6.10 Å². The van der Waals surface area contributed by atoms with Gasteiger partial charge in [-0.05, 0) is 6.92 Å². The highest BCUT2D eigenvalue weighted by Gasteiger charge is 2.11. The van der Waals surface area contributed by atoms with Gasteiger partial charge in [0.25, 0.3) is 5.91 Å². The van der Waals surface area contributed by atoms with Crippen molar-refractivity contribution in [3.05, 3.63) is 0 Å². The number of carbonyl (C=O) groups is 2. The predicted molar refractivity (Wildman–Crippen MR) is 38.2 cm³/mol. The first-order valence-corrected chi connectivity index (χ1v) is 3.24. The quantitative estimate of drug-likeness (QED) is 0.534. The Balaban J connectivity index is 3.50. The Labute approximate surface area is 69.4 Å². The molecule has 0 aliphatic carbocycles. The fourth-order valence-electron chi connectivity index (χ4n) is 0.359. The van der Waals surface area contributed by atoms with Crippen LogP contribution in [-0.4, -0.2) is 36.8 Å². The third-order valence-corrected chi connectivity index (χ3v) is 1.09. The van der Waals surface area contributed by atoms with Crippen LogP contribution in [0.3, 0.4) is 0 Å². The van der Waals surface area contributed by atoms with Crippen LogP contribution in [0, 0.1) is 0 Å².